The van der Waals surface area contributed by atoms with Gasteiger partial charge in [0.05, 0.1) is 11.6 Å². The lowest BCUT2D eigenvalue weighted by atomic mass is 10.1. The number of anilines is 3. The number of fused-ring (bicyclic) bond motifs is 3. The van der Waals surface area contributed by atoms with E-state index < -0.39 is 0 Å². The average molecular weight is 500 g/mol. The zero-order chi connectivity index (χ0) is 24.6. The summed E-state index contributed by atoms with van der Waals surface area (Å²) in [5, 5.41) is 9.41. The monoisotopic (exact) mass is 499 g/mol. The maximum Gasteiger partial charge on any atom is 0.258 e. The van der Waals surface area contributed by atoms with Crippen LogP contribution in [0.25, 0.3) is 27.8 Å². The van der Waals surface area contributed by atoms with E-state index in [-0.39, 0.29) is 0 Å². The molecule has 182 valence electrons. The summed E-state index contributed by atoms with van der Waals surface area (Å²) in [7, 11) is 3.80. The van der Waals surface area contributed by atoms with E-state index in [1.807, 2.05) is 37.5 Å². The van der Waals surface area contributed by atoms with Crippen molar-refractivity contribution in [3.63, 3.8) is 0 Å². The molecule has 0 atom stereocenters. The Kier molecular flexibility index (Phi) is 5.91. The molecule has 36 heavy (non-hydrogen) atoms. The van der Waals surface area contributed by atoms with Gasteiger partial charge in [0, 0.05) is 50.1 Å². The fourth-order valence-corrected chi connectivity index (χ4v) is 5.09. The molecule has 0 unspecified atom stereocenters. The molecule has 3 aromatic heterocycles. The first kappa shape index (κ1) is 22.7. The molecular formula is C27H26ClN7O. The number of hydrogen-bond donors (Lipinski definition) is 0. The van der Waals surface area contributed by atoms with Crippen molar-refractivity contribution in [2.45, 2.75) is 18.9 Å². The molecule has 1 aliphatic rings. The van der Waals surface area contributed by atoms with Crippen molar-refractivity contribution in [1.29, 1.82) is 0 Å². The van der Waals surface area contributed by atoms with E-state index in [2.05, 4.69) is 56.4 Å². The summed E-state index contributed by atoms with van der Waals surface area (Å²) in [6.45, 7) is 1.93. The second kappa shape index (κ2) is 9.37. The van der Waals surface area contributed by atoms with Crippen LogP contribution >= 0.6 is 11.6 Å². The number of hydrogen-bond acceptors (Lipinski definition) is 7. The fourth-order valence-electron chi connectivity index (χ4n) is 4.89. The summed E-state index contributed by atoms with van der Waals surface area (Å²) in [5.74, 6) is 2.26. The molecule has 5 aromatic rings. The van der Waals surface area contributed by atoms with Crippen molar-refractivity contribution >= 4 is 45.6 Å². The van der Waals surface area contributed by atoms with Crippen molar-refractivity contribution in [2.75, 3.05) is 37.0 Å². The van der Waals surface area contributed by atoms with Gasteiger partial charge in [-0.25, -0.2) is 9.38 Å². The van der Waals surface area contributed by atoms with Gasteiger partial charge in [-0.05, 0) is 66.4 Å². The SMILES string of the molecule is COC1CCN(c2ccc(-c3cccc(N(C)c4nc5nnc(Cl)n5c5ccccc45)c3)cn2)CC1. The maximum absolute atomic E-state index is 6.28. The van der Waals surface area contributed by atoms with Crippen LogP contribution in [0.5, 0.6) is 0 Å². The van der Waals surface area contributed by atoms with Crippen molar-refractivity contribution in [3.05, 3.63) is 72.1 Å². The van der Waals surface area contributed by atoms with Crippen LogP contribution in [-0.4, -0.2) is 57.9 Å². The number of methoxy groups -OCH3 is 1. The van der Waals surface area contributed by atoms with Crippen LogP contribution in [-0.2, 0) is 4.74 Å². The second-order valence-electron chi connectivity index (χ2n) is 8.99. The summed E-state index contributed by atoms with van der Waals surface area (Å²) >= 11 is 6.28. The standard InChI is InChI=1S/C27H26ClN7O/c1-33(25-22-8-3-4-9-23(22)35-26(28)31-32-27(35)30-25)20-7-5-6-18(16-20)19-10-11-24(29-17-19)34-14-12-21(36-2)13-15-34/h3-11,16-17,21H,12-15H2,1-2H3. The number of nitrogens with zero attached hydrogens (tertiary/aromatic N) is 7. The molecule has 0 amide bonds. The first-order chi connectivity index (χ1) is 17.6. The molecule has 0 radical (unpaired) electrons. The quantitative estimate of drug-likeness (QED) is 0.321. The Balaban J connectivity index is 1.30. The first-order valence-electron chi connectivity index (χ1n) is 12.0. The normalized spacial score (nSPS) is 14.6. The number of benzene rings is 2. The summed E-state index contributed by atoms with van der Waals surface area (Å²) < 4.78 is 7.25. The lowest BCUT2D eigenvalue weighted by molar-refractivity contribution is 0.0818. The highest BCUT2D eigenvalue weighted by atomic mass is 35.5. The van der Waals surface area contributed by atoms with Crippen LogP contribution in [0.3, 0.4) is 0 Å². The van der Waals surface area contributed by atoms with Gasteiger partial charge in [0.15, 0.2) is 0 Å². The lowest BCUT2D eigenvalue weighted by Crippen LogP contribution is -2.37. The van der Waals surface area contributed by atoms with E-state index in [4.69, 9.17) is 26.3 Å². The van der Waals surface area contributed by atoms with Gasteiger partial charge in [-0.3, -0.25) is 0 Å². The minimum Gasteiger partial charge on any atom is -0.381 e. The number of halogens is 1. The molecule has 1 aliphatic heterocycles. The van der Waals surface area contributed by atoms with E-state index in [9.17, 15) is 0 Å². The van der Waals surface area contributed by atoms with Crippen molar-refractivity contribution in [3.8, 4) is 11.1 Å². The highest BCUT2D eigenvalue weighted by molar-refractivity contribution is 6.29. The number of aromatic nitrogens is 5. The average Bonchev–Trinajstić information content (AvgIpc) is 3.33. The zero-order valence-corrected chi connectivity index (χ0v) is 20.9. The molecule has 0 spiro atoms. The molecule has 9 heteroatoms. The Labute approximate surface area is 214 Å². The number of rotatable bonds is 5. The maximum atomic E-state index is 6.28. The Morgan fingerprint density at radius 2 is 1.81 bits per heavy atom. The molecule has 8 nitrogen and oxygen atoms in total. The van der Waals surface area contributed by atoms with Crippen molar-refractivity contribution < 1.29 is 4.74 Å². The molecule has 6 rings (SSSR count). The third-order valence-electron chi connectivity index (χ3n) is 6.93. The van der Waals surface area contributed by atoms with E-state index in [0.29, 0.717) is 17.2 Å². The molecule has 0 bridgehead atoms. The second-order valence-corrected chi connectivity index (χ2v) is 9.33. The van der Waals surface area contributed by atoms with Crippen LogP contribution in [0.4, 0.5) is 17.3 Å². The Bertz CT molecular complexity index is 1530. The van der Waals surface area contributed by atoms with Crippen LogP contribution in [0.2, 0.25) is 5.28 Å². The molecule has 2 aromatic carbocycles. The van der Waals surface area contributed by atoms with Gasteiger partial charge in [0.1, 0.15) is 11.6 Å². The minimum atomic E-state index is 0.295. The molecule has 1 saturated heterocycles. The summed E-state index contributed by atoms with van der Waals surface area (Å²) in [6, 6.07) is 20.6. The number of pyridine rings is 1. The summed E-state index contributed by atoms with van der Waals surface area (Å²) in [4.78, 5) is 13.9. The van der Waals surface area contributed by atoms with Gasteiger partial charge < -0.3 is 14.5 Å². The van der Waals surface area contributed by atoms with Crippen LogP contribution in [0.1, 0.15) is 12.8 Å². The number of para-hydroxylation sites is 1. The number of piperidine rings is 1. The van der Waals surface area contributed by atoms with E-state index in [0.717, 1.165) is 65.3 Å². The smallest absolute Gasteiger partial charge is 0.258 e. The lowest BCUT2D eigenvalue weighted by Gasteiger charge is -2.32. The van der Waals surface area contributed by atoms with Gasteiger partial charge >= 0.3 is 0 Å². The molecule has 1 fully saturated rings. The summed E-state index contributed by atoms with van der Waals surface area (Å²) in [5.41, 5.74) is 4.07. The molecule has 4 heterocycles. The van der Waals surface area contributed by atoms with E-state index >= 15 is 0 Å². The van der Waals surface area contributed by atoms with Crippen molar-refractivity contribution in [1.82, 2.24) is 24.6 Å². The Morgan fingerprint density at radius 3 is 2.58 bits per heavy atom. The molecule has 0 saturated carbocycles. The highest BCUT2D eigenvalue weighted by Gasteiger charge is 2.20. The van der Waals surface area contributed by atoms with Crippen LogP contribution in [0, 0.1) is 0 Å². The first-order valence-corrected chi connectivity index (χ1v) is 12.4. The Morgan fingerprint density at radius 1 is 0.972 bits per heavy atom. The molecule has 0 aliphatic carbocycles. The van der Waals surface area contributed by atoms with Crippen molar-refractivity contribution in [2.24, 2.45) is 0 Å². The third-order valence-corrected chi connectivity index (χ3v) is 7.17. The predicted octanol–water partition coefficient (Wildman–Crippen LogP) is 5.38. The van der Waals surface area contributed by atoms with Gasteiger partial charge in [-0.15, -0.1) is 10.2 Å². The predicted molar refractivity (Wildman–Crippen MR) is 143 cm³/mol. The van der Waals surface area contributed by atoms with Gasteiger partial charge in [0.2, 0.25) is 5.28 Å². The van der Waals surface area contributed by atoms with Crippen LogP contribution < -0.4 is 9.80 Å². The number of ether oxygens (including phenoxy) is 1. The van der Waals surface area contributed by atoms with Crippen LogP contribution in [0.15, 0.2) is 66.9 Å². The highest BCUT2D eigenvalue weighted by Crippen LogP contribution is 2.33. The Hall–Kier alpha value is -3.75. The molecular weight excluding hydrogens is 474 g/mol. The minimum absolute atomic E-state index is 0.295. The van der Waals surface area contributed by atoms with Gasteiger partial charge in [0.25, 0.3) is 5.78 Å². The summed E-state index contributed by atoms with van der Waals surface area (Å²) in [6.07, 6.45) is 4.37. The zero-order valence-electron chi connectivity index (χ0n) is 20.2. The third kappa shape index (κ3) is 4.02. The van der Waals surface area contributed by atoms with Gasteiger partial charge in [-0.2, -0.15) is 4.98 Å². The fraction of sp³-hybridized carbons (Fsp3) is 0.259. The molecule has 0 N–H and O–H groups in total. The van der Waals surface area contributed by atoms with Gasteiger partial charge in [-0.1, -0.05) is 24.3 Å². The largest absolute Gasteiger partial charge is 0.381 e. The van der Waals surface area contributed by atoms with E-state index in [1.165, 1.54) is 0 Å². The van der Waals surface area contributed by atoms with E-state index in [1.54, 1.807) is 11.5 Å². The topological polar surface area (TPSA) is 71.7 Å².